The van der Waals surface area contributed by atoms with Gasteiger partial charge in [-0.1, -0.05) is 119 Å². The third kappa shape index (κ3) is 15.3. The molecule has 12 rings (SSSR count). The summed E-state index contributed by atoms with van der Waals surface area (Å²) >= 11 is 5.84. The Morgan fingerprint density at radius 1 is 0.455 bits per heavy atom. The van der Waals surface area contributed by atoms with Crippen LogP contribution in [0.25, 0.3) is 0 Å². The lowest BCUT2D eigenvalue weighted by molar-refractivity contribution is 0.0921. The predicted octanol–water partition coefficient (Wildman–Crippen LogP) is 12.8. The molecule has 8 aromatic rings. The monoisotopic (exact) mass is 1230 g/mol. The summed E-state index contributed by atoms with van der Waals surface area (Å²) in [6, 6.07) is 40.5. The summed E-state index contributed by atoms with van der Waals surface area (Å²) < 4.78 is 51.6. The van der Waals surface area contributed by atoms with Crippen molar-refractivity contribution in [3.8, 4) is 23.0 Å². The molecule has 0 unspecified atom stereocenters. The van der Waals surface area contributed by atoms with Gasteiger partial charge in [0.2, 0.25) is 10.0 Å². The molecule has 0 fully saturated rings. The van der Waals surface area contributed by atoms with Gasteiger partial charge in [0.1, 0.15) is 40.2 Å². The van der Waals surface area contributed by atoms with Gasteiger partial charge < -0.3 is 41.7 Å². The summed E-state index contributed by atoms with van der Waals surface area (Å²) in [5.41, 5.74) is 14.4. The third-order valence-electron chi connectivity index (χ3n) is 15.9. The average molecular weight is 1230 g/mol. The Kier molecular flexibility index (Phi) is 19.5. The van der Waals surface area contributed by atoms with Crippen LogP contribution in [0.15, 0.2) is 146 Å². The van der Waals surface area contributed by atoms with Crippen LogP contribution in [0.1, 0.15) is 158 Å². The molecule has 0 saturated carbocycles. The van der Waals surface area contributed by atoms with Crippen molar-refractivity contribution in [1.82, 2.24) is 21.3 Å². The highest BCUT2D eigenvalue weighted by Gasteiger charge is 2.30. The van der Waals surface area contributed by atoms with Gasteiger partial charge in [0.25, 0.3) is 23.6 Å². The van der Waals surface area contributed by atoms with Crippen LogP contribution in [0.3, 0.4) is 0 Å². The number of hydrogen-bond donors (Lipinski definition) is 9. The van der Waals surface area contributed by atoms with Crippen molar-refractivity contribution in [3.63, 3.8) is 0 Å². The van der Waals surface area contributed by atoms with E-state index in [4.69, 9.17) is 11.6 Å². The van der Waals surface area contributed by atoms with Gasteiger partial charge in [-0.3, -0.25) is 23.9 Å². The first-order valence-electron chi connectivity index (χ1n) is 28.7. The summed E-state index contributed by atoms with van der Waals surface area (Å²) in [4.78, 5) is 49.2. The summed E-state index contributed by atoms with van der Waals surface area (Å²) in [5, 5.41) is 51.1. The molecule has 88 heavy (non-hydrogen) atoms. The van der Waals surface area contributed by atoms with Crippen molar-refractivity contribution in [2.24, 2.45) is 0 Å². The van der Waals surface area contributed by atoms with E-state index in [0.29, 0.717) is 0 Å². The molecule has 0 radical (unpaired) electrons. The number of phenols is 4. The number of sulfonamides is 1. The van der Waals surface area contributed by atoms with Crippen molar-refractivity contribution in [3.05, 3.63) is 251 Å². The Labute approximate surface area is 514 Å². The van der Waals surface area contributed by atoms with E-state index in [1.54, 1.807) is 18.2 Å². The number of hydrogen-bond acceptors (Lipinski definition) is 10. The number of aryl methyl sites for hydroxylation is 8. The van der Waals surface area contributed by atoms with Gasteiger partial charge in [0.05, 0.1) is 57.8 Å². The highest BCUT2D eigenvalue weighted by atomic mass is 35.5. The fraction of sp³-hybridized carbons (Fsp3) is 0.246. The Bertz CT molecular complexity index is 4030. The van der Waals surface area contributed by atoms with Crippen LogP contribution < -0.4 is 26.0 Å². The number of para-hydroxylation sites is 1. The quantitative estimate of drug-likeness (QED) is 0.0627. The summed E-state index contributed by atoms with van der Waals surface area (Å²) in [5.74, 6) is -3.96. The number of amides is 4. The van der Waals surface area contributed by atoms with E-state index in [9.17, 15) is 56.8 Å². The van der Waals surface area contributed by atoms with Crippen LogP contribution in [0.4, 0.5) is 14.5 Å². The number of aromatic hydroxyl groups is 4. The fourth-order valence-electron chi connectivity index (χ4n) is 11.7. The van der Waals surface area contributed by atoms with Crippen molar-refractivity contribution in [2.75, 3.05) is 11.0 Å². The normalized spacial score (nSPS) is 16.5. The number of rotatable bonds is 10. The number of carbonyl (C=O) groups is 4. The minimum Gasteiger partial charge on any atom is -0.507 e. The van der Waals surface area contributed by atoms with Gasteiger partial charge >= 0.3 is 0 Å². The molecule has 0 bridgehead atoms. The zero-order valence-corrected chi connectivity index (χ0v) is 50.7. The molecule has 8 aromatic carbocycles. The first-order valence-corrected chi connectivity index (χ1v) is 31.0. The summed E-state index contributed by atoms with van der Waals surface area (Å²) in [7, 11) is -3.44. The maximum absolute atomic E-state index is 13.7. The standard InChI is InChI=1S/C18H20N2O4S.C17H16ClNO2.2C17H16FNO2/c1-11-3-6-14-12(9-11)4-8-16(14)19-18(22)15-7-5-13(10-17(15)21)20-25(2,23)24;1-10-5-7-12-11(9-10)6-8-15(12)19-17(21)13-3-2-4-14(18)16(13)20;1-10-2-5-13-11(8-10)3-6-15(13)19-17(21)14-9-12(18)4-7-16(14)20;1-10-5-7-12-11(9-10)6-8-14(12)19-17(21)16-13(18)3-2-4-15(16)20/h3,5-7,9-10,16,20-21H,4,8H2,1-2H3,(H,19,22);2-5,7,9,15,20H,6,8H2,1H3,(H,19,21);2,4-5,7-9,15,20H,3,6H2,1H3,(H,19,21);2-5,7,9,14,20H,6,8H2,1H3,(H,19,21)/t16-;2*15-;14-/m1111/s1. The maximum Gasteiger partial charge on any atom is 0.258 e. The van der Waals surface area contributed by atoms with E-state index in [1.807, 2.05) is 57.2 Å². The second-order valence-electron chi connectivity index (χ2n) is 22.6. The van der Waals surface area contributed by atoms with Crippen LogP contribution in [0.2, 0.25) is 5.02 Å². The van der Waals surface area contributed by atoms with Crippen LogP contribution in [-0.4, -0.2) is 58.7 Å². The lowest BCUT2D eigenvalue weighted by Crippen LogP contribution is -2.28. The molecular formula is C69H68ClF2N5O10S. The molecule has 0 spiro atoms. The second-order valence-corrected chi connectivity index (χ2v) is 24.8. The molecule has 0 saturated heterocycles. The molecule has 4 atom stereocenters. The molecule has 4 aliphatic carbocycles. The van der Waals surface area contributed by atoms with E-state index in [2.05, 4.69) is 69.3 Å². The second kappa shape index (κ2) is 27.2. The van der Waals surface area contributed by atoms with Gasteiger partial charge in [-0.05, 0) is 178 Å². The highest BCUT2D eigenvalue weighted by molar-refractivity contribution is 7.92. The number of nitrogens with one attached hydrogen (secondary N) is 5. The van der Waals surface area contributed by atoms with Crippen LogP contribution in [-0.2, 0) is 35.7 Å². The van der Waals surface area contributed by atoms with Gasteiger partial charge in [-0.15, -0.1) is 0 Å². The van der Waals surface area contributed by atoms with E-state index < -0.39 is 33.5 Å². The molecule has 0 heterocycles. The van der Waals surface area contributed by atoms with E-state index >= 15 is 0 Å². The highest BCUT2D eigenvalue weighted by Crippen LogP contribution is 2.37. The lowest BCUT2D eigenvalue weighted by Gasteiger charge is -2.15. The smallest absolute Gasteiger partial charge is 0.258 e. The Hall–Kier alpha value is -9.26. The van der Waals surface area contributed by atoms with Crippen molar-refractivity contribution < 1.29 is 56.8 Å². The third-order valence-corrected chi connectivity index (χ3v) is 16.8. The summed E-state index contributed by atoms with van der Waals surface area (Å²) in [6.07, 6.45) is 8.01. The van der Waals surface area contributed by atoms with Crippen molar-refractivity contribution in [1.29, 1.82) is 0 Å². The van der Waals surface area contributed by atoms with Gasteiger partial charge in [-0.25, -0.2) is 17.2 Å². The minimum absolute atomic E-state index is 0.00789. The topological polar surface area (TPSA) is 243 Å². The van der Waals surface area contributed by atoms with Crippen molar-refractivity contribution in [2.45, 2.75) is 103 Å². The molecule has 19 heteroatoms. The van der Waals surface area contributed by atoms with Crippen LogP contribution in [0, 0.1) is 39.3 Å². The molecule has 456 valence electrons. The summed E-state index contributed by atoms with van der Waals surface area (Å²) in [6.45, 7) is 8.17. The van der Waals surface area contributed by atoms with Crippen LogP contribution in [0.5, 0.6) is 23.0 Å². The minimum atomic E-state index is -3.44. The van der Waals surface area contributed by atoms with E-state index in [-0.39, 0.29) is 91.9 Å². The first kappa shape index (κ1) is 63.2. The largest absolute Gasteiger partial charge is 0.507 e. The Morgan fingerprint density at radius 3 is 1.31 bits per heavy atom. The Balaban J connectivity index is 0.000000140. The van der Waals surface area contributed by atoms with Gasteiger partial charge in [0, 0.05) is 6.07 Å². The maximum atomic E-state index is 13.7. The molecular weight excluding hydrogens is 1160 g/mol. The number of anilines is 1. The average Bonchev–Trinajstić information content (AvgIpc) is 4.29. The number of phenolic OH excluding ortho intramolecular Hbond substituents is 4. The zero-order chi connectivity index (χ0) is 63.1. The molecule has 0 aromatic heterocycles. The van der Waals surface area contributed by atoms with E-state index in [0.717, 1.165) is 92.0 Å². The molecule has 4 aliphatic rings. The molecule has 4 amide bonds. The lowest BCUT2D eigenvalue weighted by atomic mass is 10.0. The SMILES string of the molecule is Cc1ccc2c(c1)CC[C@H]2NC(=O)c1c(O)cccc1F.Cc1ccc2c(c1)CC[C@H]2NC(=O)c1cc(F)ccc1O.Cc1ccc2c(c1)CC[C@H]2NC(=O)c1ccc(NS(C)(=O)=O)cc1O.Cc1ccc2c(c1)CC[C@H]2NC(=O)c1cccc(Cl)c1O. The molecule has 0 aliphatic heterocycles. The predicted molar refractivity (Wildman–Crippen MR) is 335 cm³/mol. The zero-order valence-electron chi connectivity index (χ0n) is 49.1. The van der Waals surface area contributed by atoms with Gasteiger partial charge in [0.15, 0.2) is 0 Å². The number of benzene rings is 8. The van der Waals surface area contributed by atoms with Crippen molar-refractivity contribution >= 4 is 50.9 Å². The van der Waals surface area contributed by atoms with Crippen LogP contribution >= 0.6 is 11.6 Å². The number of carbonyl (C=O) groups excluding carboxylic acids is 4. The number of halogens is 3. The molecule has 9 N–H and O–H groups in total. The molecule has 15 nitrogen and oxygen atoms in total. The first-order chi connectivity index (χ1) is 41.9. The van der Waals surface area contributed by atoms with E-state index in [1.165, 1.54) is 87.0 Å². The Morgan fingerprint density at radius 2 is 0.875 bits per heavy atom. The number of fused-ring (bicyclic) bond motifs is 4. The van der Waals surface area contributed by atoms with Gasteiger partial charge in [-0.2, -0.15) is 0 Å². The fourth-order valence-corrected chi connectivity index (χ4v) is 12.4.